The van der Waals surface area contributed by atoms with Crippen molar-refractivity contribution >= 4 is 43.9 Å². The Morgan fingerprint density at radius 3 is 1.74 bits per heavy atom. The van der Waals surface area contributed by atoms with Gasteiger partial charge in [0, 0.05) is 38.2 Å². The first-order chi connectivity index (χ1) is 24.8. The second kappa shape index (κ2) is 11.4. The smallest absolute Gasteiger partial charge is 0.161 e. The Hall–Kier alpha value is -6.78. The fourth-order valence-corrected chi connectivity index (χ4v) is 7.17. The molecule has 0 atom stereocenters. The van der Waals surface area contributed by atoms with E-state index in [-0.39, 0.29) is 0 Å². The van der Waals surface area contributed by atoms with Crippen molar-refractivity contribution in [1.82, 2.24) is 9.97 Å². The number of para-hydroxylation sites is 2. The molecule has 0 bridgehead atoms. The number of nitrogens with zero attached hydrogens (tertiary/aromatic N) is 2. The Morgan fingerprint density at radius 2 is 0.940 bits per heavy atom. The Balaban J connectivity index is 1.22. The fourth-order valence-electron chi connectivity index (χ4n) is 7.17. The predicted molar refractivity (Wildman–Crippen MR) is 204 cm³/mol. The van der Waals surface area contributed by atoms with Gasteiger partial charge in [-0.25, -0.2) is 9.97 Å². The normalized spacial score (nSPS) is 11.6. The molecule has 0 amide bonds. The lowest BCUT2D eigenvalue weighted by atomic mass is 9.95. The Kier molecular flexibility index (Phi) is 6.46. The SMILES string of the molecule is c1ccc(-c2cc(-c3ccc(-c4ccc5c(c4)oc4ccccc45)c4c3oc3ccccc34)nc(-c3ccccc3-c3ccccc3)n2)cc1. The van der Waals surface area contributed by atoms with Gasteiger partial charge in [0.2, 0.25) is 0 Å². The van der Waals surface area contributed by atoms with Crippen LogP contribution in [0, 0.1) is 0 Å². The molecule has 4 heteroatoms. The van der Waals surface area contributed by atoms with Crippen molar-refractivity contribution in [3.05, 3.63) is 170 Å². The van der Waals surface area contributed by atoms with E-state index in [2.05, 4.69) is 109 Å². The summed E-state index contributed by atoms with van der Waals surface area (Å²) < 4.78 is 13.0. The van der Waals surface area contributed by atoms with Crippen LogP contribution in [0.5, 0.6) is 0 Å². The van der Waals surface area contributed by atoms with Gasteiger partial charge in [-0.05, 0) is 58.7 Å². The van der Waals surface area contributed by atoms with Crippen LogP contribution in [0.1, 0.15) is 0 Å². The molecule has 0 saturated carbocycles. The highest BCUT2D eigenvalue weighted by Gasteiger charge is 2.21. The Bertz CT molecular complexity index is 2870. The van der Waals surface area contributed by atoms with E-state index < -0.39 is 0 Å². The van der Waals surface area contributed by atoms with Crippen molar-refractivity contribution in [2.45, 2.75) is 0 Å². The van der Waals surface area contributed by atoms with Crippen molar-refractivity contribution in [3.63, 3.8) is 0 Å². The van der Waals surface area contributed by atoms with E-state index in [9.17, 15) is 0 Å². The molecule has 234 valence electrons. The second-order valence-corrected chi connectivity index (χ2v) is 12.5. The van der Waals surface area contributed by atoms with Gasteiger partial charge < -0.3 is 8.83 Å². The van der Waals surface area contributed by atoms with Crippen molar-refractivity contribution in [3.8, 4) is 56.2 Å². The summed E-state index contributed by atoms with van der Waals surface area (Å²) in [7, 11) is 0. The van der Waals surface area contributed by atoms with E-state index in [1.165, 1.54) is 0 Å². The monoisotopic (exact) mass is 640 g/mol. The number of fused-ring (bicyclic) bond motifs is 6. The third-order valence-corrected chi connectivity index (χ3v) is 9.54. The average Bonchev–Trinajstić information content (AvgIpc) is 3.77. The number of hydrogen-bond donors (Lipinski definition) is 0. The largest absolute Gasteiger partial charge is 0.456 e. The highest BCUT2D eigenvalue weighted by molar-refractivity contribution is 6.17. The van der Waals surface area contributed by atoms with Gasteiger partial charge in [-0.1, -0.05) is 133 Å². The van der Waals surface area contributed by atoms with E-state index in [1.54, 1.807) is 0 Å². The summed E-state index contributed by atoms with van der Waals surface area (Å²) in [5, 5.41) is 4.31. The minimum Gasteiger partial charge on any atom is -0.456 e. The summed E-state index contributed by atoms with van der Waals surface area (Å²) in [6.07, 6.45) is 0. The summed E-state index contributed by atoms with van der Waals surface area (Å²) in [5.74, 6) is 0.657. The fraction of sp³-hybridized carbons (Fsp3) is 0. The third kappa shape index (κ3) is 4.61. The molecule has 3 heterocycles. The molecule has 0 aliphatic carbocycles. The molecule has 10 aromatic rings. The summed E-state index contributed by atoms with van der Waals surface area (Å²) in [5.41, 5.74) is 12.2. The van der Waals surface area contributed by atoms with Crippen LogP contribution in [0.4, 0.5) is 0 Å². The minimum absolute atomic E-state index is 0.657. The summed E-state index contributed by atoms with van der Waals surface area (Å²) in [6.45, 7) is 0. The molecule has 3 aromatic heterocycles. The van der Waals surface area contributed by atoms with E-state index in [0.29, 0.717) is 5.82 Å². The molecule has 0 aliphatic rings. The number of aromatic nitrogens is 2. The first-order valence-electron chi connectivity index (χ1n) is 16.7. The van der Waals surface area contributed by atoms with Crippen molar-refractivity contribution in [2.24, 2.45) is 0 Å². The zero-order valence-electron chi connectivity index (χ0n) is 26.9. The van der Waals surface area contributed by atoms with Gasteiger partial charge in [-0.15, -0.1) is 0 Å². The van der Waals surface area contributed by atoms with Crippen LogP contribution in [0.15, 0.2) is 179 Å². The Labute approximate surface area is 287 Å². The molecule has 50 heavy (non-hydrogen) atoms. The Morgan fingerprint density at radius 1 is 0.340 bits per heavy atom. The van der Waals surface area contributed by atoms with Crippen LogP contribution >= 0.6 is 0 Å². The zero-order valence-corrected chi connectivity index (χ0v) is 26.9. The maximum Gasteiger partial charge on any atom is 0.161 e. The predicted octanol–water partition coefficient (Wildman–Crippen LogP) is 12.6. The van der Waals surface area contributed by atoms with E-state index in [1.807, 2.05) is 60.7 Å². The maximum atomic E-state index is 6.74. The van der Waals surface area contributed by atoms with Crippen LogP contribution < -0.4 is 0 Å². The van der Waals surface area contributed by atoms with Gasteiger partial charge in [-0.3, -0.25) is 0 Å². The minimum atomic E-state index is 0.657. The summed E-state index contributed by atoms with van der Waals surface area (Å²) >= 11 is 0. The van der Waals surface area contributed by atoms with Crippen LogP contribution in [0.2, 0.25) is 0 Å². The maximum absolute atomic E-state index is 6.74. The molecule has 10 rings (SSSR count). The number of furan rings is 2. The molecule has 0 aliphatic heterocycles. The van der Waals surface area contributed by atoms with Crippen LogP contribution in [-0.4, -0.2) is 9.97 Å². The van der Waals surface area contributed by atoms with E-state index >= 15 is 0 Å². The first-order valence-corrected chi connectivity index (χ1v) is 16.7. The molecule has 0 N–H and O–H groups in total. The van der Waals surface area contributed by atoms with E-state index in [4.69, 9.17) is 18.8 Å². The van der Waals surface area contributed by atoms with Gasteiger partial charge in [0.05, 0.1) is 11.4 Å². The van der Waals surface area contributed by atoms with Gasteiger partial charge in [0.1, 0.15) is 22.3 Å². The lowest BCUT2D eigenvalue weighted by Crippen LogP contribution is -1.97. The standard InChI is InChI=1S/C46H28N2O2/c1-3-13-29(14-4-1)32-17-7-8-19-36(32)46-47-39(30-15-5-2-6-16-30)28-40(48-46)37-26-25-33(44-38-20-10-12-22-42(38)50-45(37)44)31-23-24-35-34-18-9-11-21-41(34)49-43(35)27-31/h1-28H. The van der Waals surface area contributed by atoms with Crippen LogP contribution in [-0.2, 0) is 0 Å². The summed E-state index contributed by atoms with van der Waals surface area (Å²) in [6, 6.07) is 58.3. The molecular formula is C46H28N2O2. The average molecular weight is 641 g/mol. The van der Waals surface area contributed by atoms with Gasteiger partial charge >= 0.3 is 0 Å². The van der Waals surface area contributed by atoms with Crippen molar-refractivity contribution in [1.29, 1.82) is 0 Å². The van der Waals surface area contributed by atoms with Gasteiger partial charge in [0.25, 0.3) is 0 Å². The number of benzene rings is 7. The highest BCUT2D eigenvalue weighted by atomic mass is 16.3. The highest BCUT2D eigenvalue weighted by Crippen LogP contribution is 2.43. The molecule has 0 radical (unpaired) electrons. The van der Waals surface area contributed by atoms with Crippen LogP contribution in [0.3, 0.4) is 0 Å². The second-order valence-electron chi connectivity index (χ2n) is 12.5. The van der Waals surface area contributed by atoms with Crippen LogP contribution in [0.25, 0.3) is 100 Å². The molecule has 0 spiro atoms. The zero-order chi connectivity index (χ0) is 33.0. The molecule has 0 fully saturated rings. The summed E-state index contributed by atoms with van der Waals surface area (Å²) in [4.78, 5) is 10.5. The molecule has 0 saturated heterocycles. The van der Waals surface area contributed by atoms with Gasteiger partial charge in [-0.2, -0.15) is 0 Å². The first kappa shape index (κ1) is 28.3. The molecular weight excluding hydrogens is 613 g/mol. The van der Waals surface area contributed by atoms with Crippen molar-refractivity contribution in [2.75, 3.05) is 0 Å². The van der Waals surface area contributed by atoms with E-state index in [0.717, 1.165) is 94.2 Å². The topological polar surface area (TPSA) is 52.1 Å². The molecule has 7 aromatic carbocycles. The third-order valence-electron chi connectivity index (χ3n) is 9.54. The molecule has 4 nitrogen and oxygen atoms in total. The quantitative estimate of drug-likeness (QED) is 0.188. The number of hydrogen-bond acceptors (Lipinski definition) is 4. The lowest BCUT2D eigenvalue weighted by Gasteiger charge is -2.13. The van der Waals surface area contributed by atoms with Gasteiger partial charge in [0.15, 0.2) is 5.82 Å². The lowest BCUT2D eigenvalue weighted by molar-refractivity contribution is 0.668. The number of rotatable bonds is 5. The molecule has 0 unspecified atom stereocenters. The van der Waals surface area contributed by atoms with Crippen molar-refractivity contribution < 1.29 is 8.83 Å².